The molecule has 2 atom stereocenters. The van der Waals surface area contributed by atoms with Crippen molar-refractivity contribution >= 4 is 19.2 Å². The average molecular weight is 370 g/mol. The first-order chi connectivity index (χ1) is 12.7. The summed E-state index contributed by atoms with van der Waals surface area (Å²) in [7, 11) is 1.82. The maximum absolute atomic E-state index is 14.3. The Bertz CT molecular complexity index is 794. The van der Waals surface area contributed by atoms with Gasteiger partial charge in [0.15, 0.2) is 6.79 Å². The number of hydrogen-bond donors (Lipinski definition) is 0. The average Bonchev–Trinajstić information content (AvgIpc) is 2.65. The lowest BCUT2D eigenvalue weighted by molar-refractivity contribution is 0.0511. The summed E-state index contributed by atoms with van der Waals surface area (Å²) in [6.07, 6.45) is 10.5. The Kier molecular flexibility index (Phi) is 6.60. The van der Waals surface area contributed by atoms with Gasteiger partial charge in [0.2, 0.25) is 0 Å². The van der Waals surface area contributed by atoms with Crippen molar-refractivity contribution in [3.05, 3.63) is 77.6 Å². The minimum Gasteiger partial charge on any atom is -0.467 e. The number of rotatable bonds is 7. The molecule has 0 saturated heterocycles. The van der Waals surface area contributed by atoms with Crippen molar-refractivity contribution in [2.24, 2.45) is 5.92 Å². The van der Waals surface area contributed by atoms with Gasteiger partial charge >= 0.3 is 0 Å². The van der Waals surface area contributed by atoms with Crippen molar-refractivity contribution in [2.45, 2.75) is 19.8 Å². The molecule has 2 aromatic rings. The fourth-order valence-electron chi connectivity index (χ4n) is 3.12. The molecule has 26 heavy (non-hydrogen) atoms. The molecule has 0 N–H and O–H groups in total. The fraction of sp³-hybridized carbons (Fsp3) is 0.273. The number of methoxy groups -OCH3 is 1. The van der Waals surface area contributed by atoms with Gasteiger partial charge in [0.05, 0.1) is 0 Å². The van der Waals surface area contributed by atoms with Crippen LogP contribution in [0.25, 0.3) is 0 Å². The van der Waals surface area contributed by atoms with Crippen LogP contribution in [0.4, 0.5) is 4.39 Å². The molecule has 0 aliphatic heterocycles. The van der Waals surface area contributed by atoms with Crippen molar-refractivity contribution < 1.29 is 13.9 Å². The van der Waals surface area contributed by atoms with Crippen molar-refractivity contribution in [2.75, 3.05) is 13.9 Å². The van der Waals surface area contributed by atoms with Gasteiger partial charge in [-0.3, -0.25) is 0 Å². The molecule has 2 aromatic carbocycles. The van der Waals surface area contributed by atoms with Gasteiger partial charge in [-0.1, -0.05) is 63.2 Å². The SMILES string of the molecule is COCOc1c(CC2C=CC=CC2)cccc1Pc1c(C)cccc1F. The third-order valence-electron chi connectivity index (χ3n) is 4.45. The van der Waals surface area contributed by atoms with E-state index in [1.54, 1.807) is 13.2 Å². The molecule has 4 heteroatoms. The topological polar surface area (TPSA) is 18.5 Å². The van der Waals surface area contributed by atoms with E-state index in [1.807, 2.05) is 25.1 Å². The van der Waals surface area contributed by atoms with Crippen LogP contribution in [0.3, 0.4) is 0 Å². The summed E-state index contributed by atoms with van der Waals surface area (Å²) < 4.78 is 25.4. The highest BCUT2D eigenvalue weighted by Crippen LogP contribution is 2.29. The van der Waals surface area contributed by atoms with Crippen LogP contribution in [0.1, 0.15) is 17.5 Å². The molecule has 2 unspecified atom stereocenters. The van der Waals surface area contributed by atoms with E-state index in [4.69, 9.17) is 9.47 Å². The quantitative estimate of drug-likeness (QED) is 0.531. The first-order valence-corrected chi connectivity index (χ1v) is 9.78. The molecule has 0 amide bonds. The molecule has 0 heterocycles. The lowest BCUT2D eigenvalue weighted by Gasteiger charge is -2.19. The standard InChI is InChI=1S/C22H24FO2P/c1-16-8-6-12-19(23)22(16)26-20-13-7-11-18(21(20)25-15-24-2)14-17-9-4-3-5-10-17/h3-9,11-13,17,26H,10,14-15H2,1-2H3. The normalized spacial score (nSPS) is 16.5. The highest BCUT2D eigenvalue weighted by molar-refractivity contribution is 7.55. The van der Waals surface area contributed by atoms with Gasteiger partial charge in [0.1, 0.15) is 11.6 Å². The van der Waals surface area contributed by atoms with E-state index in [0.717, 1.165) is 40.3 Å². The largest absolute Gasteiger partial charge is 0.467 e. The van der Waals surface area contributed by atoms with Crippen molar-refractivity contribution in [1.82, 2.24) is 0 Å². The van der Waals surface area contributed by atoms with Gasteiger partial charge in [-0.25, -0.2) is 4.39 Å². The fourth-order valence-corrected chi connectivity index (χ4v) is 4.40. The van der Waals surface area contributed by atoms with Crippen molar-refractivity contribution in [3.63, 3.8) is 0 Å². The molecule has 1 aliphatic carbocycles. The van der Waals surface area contributed by atoms with Crippen LogP contribution in [0.2, 0.25) is 0 Å². The molecular formula is C22H24FO2P. The van der Waals surface area contributed by atoms with Gasteiger partial charge in [-0.2, -0.15) is 0 Å². The lowest BCUT2D eigenvalue weighted by Crippen LogP contribution is -2.16. The summed E-state index contributed by atoms with van der Waals surface area (Å²) in [5.41, 5.74) is 2.11. The summed E-state index contributed by atoms with van der Waals surface area (Å²) in [6, 6.07) is 11.4. The number of aryl methyl sites for hydroxylation is 1. The monoisotopic (exact) mass is 370 g/mol. The summed E-state index contributed by atoms with van der Waals surface area (Å²) in [5.74, 6) is 1.13. The number of allylic oxidation sites excluding steroid dienone is 4. The third-order valence-corrected chi connectivity index (χ3v) is 6.00. The number of halogens is 1. The smallest absolute Gasteiger partial charge is 0.188 e. The lowest BCUT2D eigenvalue weighted by atomic mass is 9.93. The maximum Gasteiger partial charge on any atom is 0.188 e. The predicted octanol–water partition coefficient (Wildman–Crippen LogP) is 4.42. The van der Waals surface area contributed by atoms with E-state index >= 15 is 0 Å². The van der Waals surface area contributed by atoms with E-state index in [-0.39, 0.29) is 21.2 Å². The van der Waals surface area contributed by atoms with Crippen LogP contribution in [0.15, 0.2) is 60.7 Å². The van der Waals surface area contributed by atoms with E-state index in [2.05, 4.69) is 30.4 Å². The first-order valence-electron chi connectivity index (χ1n) is 8.78. The summed E-state index contributed by atoms with van der Waals surface area (Å²) in [4.78, 5) is 0. The number of hydrogen-bond acceptors (Lipinski definition) is 2. The van der Waals surface area contributed by atoms with Crippen LogP contribution >= 0.6 is 8.58 Å². The molecule has 0 fully saturated rings. The van der Waals surface area contributed by atoms with E-state index < -0.39 is 0 Å². The highest BCUT2D eigenvalue weighted by Gasteiger charge is 2.16. The third kappa shape index (κ3) is 4.60. The van der Waals surface area contributed by atoms with Gasteiger partial charge in [-0.15, -0.1) is 0 Å². The zero-order valence-electron chi connectivity index (χ0n) is 15.2. The van der Waals surface area contributed by atoms with Gasteiger partial charge < -0.3 is 9.47 Å². The second-order valence-electron chi connectivity index (χ2n) is 6.41. The molecule has 136 valence electrons. The van der Waals surface area contributed by atoms with E-state index in [0.29, 0.717) is 5.92 Å². The summed E-state index contributed by atoms with van der Waals surface area (Å²) in [6.45, 7) is 2.13. The molecule has 2 nitrogen and oxygen atoms in total. The van der Waals surface area contributed by atoms with Gasteiger partial charge in [-0.05, 0) is 42.9 Å². The number of para-hydroxylation sites is 1. The zero-order chi connectivity index (χ0) is 18.4. The summed E-state index contributed by atoms with van der Waals surface area (Å²) in [5, 5.41) is 1.76. The van der Waals surface area contributed by atoms with Gasteiger partial charge in [0, 0.05) is 17.7 Å². The Balaban J connectivity index is 1.92. The Morgan fingerprint density at radius 3 is 2.73 bits per heavy atom. The Labute approximate surface area is 156 Å². The van der Waals surface area contributed by atoms with E-state index in [1.165, 1.54) is 6.07 Å². The van der Waals surface area contributed by atoms with E-state index in [9.17, 15) is 4.39 Å². The number of benzene rings is 2. The molecule has 0 aromatic heterocycles. The summed E-state index contributed by atoms with van der Waals surface area (Å²) >= 11 is 0. The first kappa shape index (κ1) is 18.8. The van der Waals surface area contributed by atoms with Crippen LogP contribution < -0.4 is 15.3 Å². The molecule has 0 bridgehead atoms. The minimum atomic E-state index is -0.160. The Hall–Kier alpha value is -1.96. The van der Waals surface area contributed by atoms with Gasteiger partial charge in [0.25, 0.3) is 0 Å². The predicted molar refractivity (Wildman–Crippen MR) is 108 cm³/mol. The molecular weight excluding hydrogens is 346 g/mol. The second-order valence-corrected chi connectivity index (χ2v) is 7.70. The molecule has 3 rings (SSSR count). The molecule has 0 radical (unpaired) electrons. The zero-order valence-corrected chi connectivity index (χ0v) is 16.2. The molecule has 0 saturated carbocycles. The Morgan fingerprint density at radius 2 is 2.00 bits per heavy atom. The number of ether oxygens (including phenoxy) is 2. The Morgan fingerprint density at radius 1 is 1.15 bits per heavy atom. The van der Waals surface area contributed by atoms with Crippen LogP contribution in [-0.4, -0.2) is 13.9 Å². The second kappa shape index (κ2) is 9.12. The van der Waals surface area contributed by atoms with Crippen LogP contribution in [0.5, 0.6) is 5.75 Å². The highest BCUT2D eigenvalue weighted by atomic mass is 31.1. The van der Waals surface area contributed by atoms with Crippen molar-refractivity contribution in [1.29, 1.82) is 0 Å². The maximum atomic E-state index is 14.3. The van der Waals surface area contributed by atoms with Crippen LogP contribution in [-0.2, 0) is 11.2 Å². The van der Waals surface area contributed by atoms with Crippen molar-refractivity contribution in [3.8, 4) is 5.75 Å². The van der Waals surface area contributed by atoms with Crippen LogP contribution in [0, 0.1) is 18.7 Å². The minimum absolute atomic E-state index is 0.160. The molecule has 0 spiro atoms. The molecule has 1 aliphatic rings.